The highest BCUT2D eigenvalue weighted by atomic mass is 33.1. The monoisotopic (exact) mass is 394 g/mol. The molecule has 0 radical (unpaired) electrons. The summed E-state index contributed by atoms with van der Waals surface area (Å²) in [6.07, 6.45) is 5.34. The Morgan fingerprint density at radius 1 is 0.731 bits per heavy atom. The van der Waals surface area contributed by atoms with Crippen LogP contribution in [0.3, 0.4) is 0 Å². The third kappa shape index (κ3) is 2.60. The van der Waals surface area contributed by atoms with Crippen molar-refractivity contribution in [3.05, 3.63) is 48.3 Å². The van der Waals surface area contributed by atoms with E-state index in [-0.39, 0.29) is 20.7 Å². The van der Waals surface area contributed by atoms with Gasteiger partial charge in [-0.15, -0.1) is 0 Å². The summed E-state index contributed by atoms with van der Waals surface area (Å²) in [6.45, 7) is 10.1. The number of hydrogen-bond donors (Lipinski definition) is 0. The Kier molecular flexibility index (Phi) is 4.54. The van der Waals surface area contributed by atoms with Crippen LogP contribution >= 0.6 is 21.6 Å². The average Bonchev–Trinajstić information content (AvgIpc) is 3.33. The fourth-order valence-corrected chi connectivity index (χ4v) is 8.68. The van der Waals surface area contributed by atoms with Crippen LogP contribution in [0.25, 0.3) is 0 Å². The van der Waals surface area contributed by atoms with Gasteiger partial charge in [0.1, 0.15) is 21.0 Å². The van der Waals surface area contributed by atoms with Crippen molar-refractivity contribution in [2.45, 2.75) is 61.2 Å². The Labute approximate surface area is 162 Å². The molecule has 0 bridgehead atoms. The van der Waals surface area contributed by atoms with E-state index < -0.39 is 0 Å². The summed E-state index contributed by atoms with van der Waals surface area (Å²) >= 11 is 0. The molecular weight excluding hydrogens is 368 g/mol. The van der Waals surface area contributed by atoms with Crippen LogP contribution in [-0.4, -0.2) is 24.4 Å². The van der Waals surface area contributed by atoms with Crippen LogP contribution in [0.4, 0.5) is 0 Å². The Hall–Kier alpha value is -0.820. The molecule has 0 aliphatic carbocycles. The summed E-state index contributed by atoms with van der Waals surface area (Å²) in [5, 5.41) is 0. The maximum Gasteiger partial charge on any atom is 0.123 e. The van der Waals surface area contributed by atoms with E-state index in [2.05, 4.69) is 39.8 Å². The lowest BCUT2D eigenvalue weighted by molar-refractivity contribution is 0.0149. The molecule has 4 heterocycles. The normalized spacial score (nSPS) is 32.9. The van der Waals surface area contributed by atoms with Gasteiger partial charge in [-0.3, -0.25) is 0 Å². The molecule has 2 aliphatic rings. The van der Waals surface area contributed by atoms with Crippen LogP contribution in [0.5, 0.6) is 0 Å². The van der Waals surface area contributed by atoms with Gasteiger partial charge in [0.15, 0.2) is 0 Å². The fourth-order valence-electron chi connectivity index (χ4n) is 4.10. The van der Waals surface area contributed by atoms with Crippen molar-refractivity contribution in [1.82, 2.24) is 0 Å². The molecule has 0 saturated carbocycles. The van der Waals surface area contributed by atoms with Crippen LogP contribution in [0.15, 0.2) is 45.6 Å². The molecule has 2 aromatic heterocycles. The first kappa shape index (κ1) is 18.5. The van der Waals surface area contributed by atoms with Crippen molar-refractivity contribution in [3.63, 3.8) is 0 Å². The summed E-state index contributed by atoms with van der Waals surface area (Å²) in [5.41, 5.74) is -0.646. The topological polar surface area (TPSA) is 44.7 Å². The molecule has 0 aromatic carbocycles. The van der Waals surface area contributed by atoms with E-state index in [9.17, 15) is 0 Å². The highest BCUT2D eigenvalue weighted by Gasteiger charge is 2.59. The molecule has 0 N–H and O–H groups in total. The van der Waals surface area contributed by atoms with Crippen LogP contribution < -0.4 is 0 Å². The standard InChI is InChI=1S/C20H26O4S2/c1-17(2)19(9-13-23-17,15-7-5-11-21-15)25-26-20(16-8-6-12-22-16)10-14-24-18(20,3)4/h5-8,11-12H,9-10,13-14H2,1-4H3. The van der Waals surface area contributed by atoms with Gasteiger partial charge >= 0.3 is 0 Å². The predicted molar refractivity (Wildman–Crippen MR) is 105 cm³/mol. The summed E-state index contributed by atoms with van der Waals surface area (Å²) in [4.78, 5) is 0. The third-order valence-electron chi connectivity index (χ3n) is 5.94. The van der Waals surface area contributed by atoms with E-state index in [1.54, 1.807) is 12.5 Å². The number of furan rings is 2. The van der Waals surface area contributed by atoms with Crippen LogP contribution in [0, 0.1) is 0 Å². The van der Waals surface area contributed by atoms with Gasteiger partial charge < -0.3 is 18.3 Å². The predicted octanol–water partition coefficient (Wildman–Crippen LogP) is 5.74. The maximum absolute atomic E-state index is 6.12. The van der Waals surface area contributed by atoms with Crippen LogP contribution in [0.2, 0.25) is 0 Å². The lowest BCUT2D eigenvalue weighted by atomic mass is 9.87. The van der Waals surface area contributed by atoms with Crippen molar-refractivity contribution in [1.29, 1.82) is 0 Å². The average molecular weight is 395 g/mol. The molecule has 4 nitrogen and oxygen atoms in total. The molecule has 2 aromatic rings. The van der Waals surface area contributed by atoms with Crippen molar-refractivity contribution >= 4 is 21.6 Å². The highest BCUT2D eigenvalue weighted by molar-refractivity contribution is 8.77. The Balaban J connectivity index is 1.71. The SMILES string of the molecule is CC1(C)OCCC1(SSC1(c2ccco2)CCOC1(C)C)c1ccco1. The largest absolute Gasteiger partial charge is 0.468 e. The first-order valence-electron chi connectivity index (χ1n) is 9.06. The summed E-state index contributed by atoms with van der Waals surface area (Å²) in [6, 6.07) is 8.06. The molecular formula is C20H26O4S2. The number of rotatable bonds is 5. The molecule has 0 spiro atoms. The zero-order chi connectivity index (χ0) is 18.5. The van der Waals surface area contributed by atoms with Crippen molar-refractivity contribution in [3.8, 4) is 0 Å². The van der Waals surface area contributed by atoms with Gasteiger partial charge in [-0.1, -0.05) is 21.6 Å². The second-order valence-corrected chi connectivity index (χ2v) is 10.7. The minimum absolute atomic E-state index is 0.251. The zero-order valence-corrected chi connectivity index (χ0v) is 17.4. The Morgan fingerprint density at radius 2 is 1.15 bits per heavy atom. The van der Waals surface area contributed by atoms with E-state index in [1.807, 2.05) is 33.7 Å². The van der Waals surface area contributed by atoms with Gasteiger partial charge in [-0.2, -0.15) is 0 Å². The molecule has 0 amide bonds. The molecule has 6 heteroatoms. The van der Waals surface area contributed by atoms with E-state index in [1.165, 1.54) is 0 Å². The quantitative estimate of drug-likeness (QED) is 0.602. The summed E-state index contributed by atoms with van der Waals surface area (Å²) in [5.74, 6) is 1.95. The molecule has 2 saturated heterocycles. The van der Waals surface area contributed by atoms with Gasteiger partial charge in [-0.05, 0) is 64.8 Å². The van der Waals surface area contributed by atoms with E-state index in [0.717, 1.165) is 37.6 Å². The van der Waals surface area contributed by atoms with E-state index in [0.29, 0.717) is 0 Å². The minimum Gasteiger partial charge on any atom is -0.468 e. The fraction of sp³-hybridized carbons (Fsp3) is 0.600. The van der Waals surface area contributed by atoms with Gasteiger partial charge in [0.2, 0.25) is 0 Å². The molecule has 2 atom stereocenters. The molecule has 4 rings (SSSR count). The van der Waals surface area contributed by atoms with Crippen LogP contribution in [0.1, 0.15) is 52.1 Å². The molecule has 26 heavy (non-hydrogen) atoms. The van der Waals surface area contributed by atoms with Gasteiger partial charge in [0.05, 0.1) is 23.7 Å². The van der Waals surface area contributed by atoms with Crippen molar-refractivity contribution in [2.75, 3.05) is 13.2 Å². The van der Waals surface area contributed by atoms with E-state index in [4.69, 9.17) is 18.3 Å². The minimum atomic E-state index is -0.323. The summed E-state index contributed by atoms with van der Waals surface area (Å²) < 4.78 is 23.5. The summed E-state index contributed by atoms with van der Waals surface area (Å²) in [7, 11) is 3.70. The second-order valence-electron chi connectivity index (χ2n) is 7.99. The lowest BCUT2D eigenvalue weighted by Gasteiger charge is -2.42. The number of hydrogen-bond acceptors (Lipinski definition) is 6. The van der Waals surface area contributed by atoms with Crippen molar-refractivity contribution < 1.29 is 18.3 Å². The first-order chi connectivity index (χ1) is 12.3. The Morgan fingerprint density at radius 3 is 1.42 bits per heavy atom. The Bertz CT molecular complexity index is 674. The van der Waals surface area contributed by atoms with Gasteiger partial charge in [0, 0.05) is 13.2 Å². The molecule has 142 valence electrons. The maximum atomic E-state index is 6.12. The van der Waals surface area contributed by atoms with Gasteiger partial charge in [0.25, 0.3) is 0 Å². The third-order valence-corrected chi connectivity index (χ3v) is 10.3. The van der Waals surface area contributed by atoms with E-state index >= 15 is 0 Å². The smallest absolute Gasteiger partial charge is 0.123 e. The van der Waals surface area contributed by atoms with Crippen molar-refractivity contribution in [2.24, 2.45) is 0 Å². The zero-order valence-electron chi connectivity index (χ0n) is 15.7. The molecule has 2 unspecified atom stereocenters. The van der Waals surface area contributed by atoms with Crippen LogP contribution in [-0.2, 0) is 19.0 Å². The second kappa shape index (κ2) is 6.36. The number of ether oxygens (including phenoxy) is 2. The lowest BCUT2D eigenvalue weighted by Crippen LogP contribution is -2.43. The highest BCUT2D eigenvalue weighted by Crippen LogP contribution is 2.65. The molecule has 2 fully saturated rings. The van der Waals surface area contributed by atoms with Gasteiger partial charge in [-0.25, -0.2) is 0 Å². The molecule has 2 aliphatic heterocycles. The first-order valence-corrected chi connectivity index (χ1v) is 11.2.